The fraction of sp³-hybridized carbons (Fsp3) is 0.214. The Bertz CT molecular complexity index is 673. The third-order valence-corrected chi connectivity index (χ3v) is 3.28. The van der Waals surface area contributed by atoms with Crippen molar-refractivity contribution in [3.8, 4) is 0 Å². The van der Waals surface area contributed by atoms with Crippen LogP contribution in [0.15, 0.2) is 30.5 Å². The molecule has 0 bridgehead atoms. The lowest BCUT2D eigenvalue weighted by Gasteiger charge is -2.13. The number of nitrogens with one attached hydrogen (secondary N) is 2. The van der Waals surface area contributed by atoms with Crippen molar-refractivity contribution in [1.29, 1.82) is 0 Å². The molecule has 0 fully saturated rings. The van der Waals surface area contributed by atoms with Crippen molar-refractivity contribution in [2.45, 2.75) is 13.0 Å². The highest BCUT2D eigenvalue weighted by molar-refractivity contribution is 6.34. The largest absolute Gasteiger partial charge is 0.357 e. The Labute approximate surface area is 121 Å². The lowest BCUT2D eigenvalue weighted by molar-refractivity contribution is -0.122. The predicted molar refractivity (Wildman–Crippen MR) is 77.7 cm³/mol. The van der Waals surface area contributed by atoms with Gasteiger partial charge in [0.25, 0.3) is 5.91 Å². The summed E-state index contributed by atoms with van der Waals surface area (Å²) >= 11 is 6.01. The van der Waals surface area contributed by atoms with Gasteiger partial charge >= 0.3 is 0 Å². The molecular weight excluding hydrogens is 278 g/mol. The van der Waals surface area contributed by atoms with Crippen LogP contribution in [0.25, 0.3) is 10.8 Å². The fourth-order valence-corrected chi connectivity index (χ4v) is 2.11. The Balaban J connectivity index is 2.36. The van der Waals surface area contributed by atoms with Crippen LogP contribution in [0.5, 0.6) is 0 Å². The lowest BCUT2D eigenvalue weighted by atomic mass is 10.1. The van der Waals surface area contributed by atoms with Gasteiger partial charge < -0.3 is 10.6 Å². The molecule has 1 aromatic heterocycles. The molecule has 0 aliphatic carbocycles. The number of aromatic nitrogens is 1. The van der Waals surface area contributed by atoms with Gasteiger partial charge in [-0.2, -0.15) is 0 Å². The third-order valence-electron chi connectivity index (χ3n) is 2.98. The topological polar surface area (TPSA) is 71.1 Å². The number of carbonyl (C=O) groups is 2. The minimum absolute atomic E-state index is 0.260. The van der Waals surface area contributed by atoms with E-state index in [2.05, 4.69) is 15.6 Å². The molecule has 0 spiro atoms. The molecule has 2 amide bonds. The number of pyridine rings is 1. The quantitative estimate of drug-likeness (QED) is 0.847. The number of hydrogen-bond acceptors (Lipinski definition) is 3. The second-order valence-electron chi connectivity index (χ2n) is 4.32. The first-order valence-electron chi connectivity index (χ1n) is 6.10. The zero-order valence-corrected chi connectivity index (χ0v) is 11.9. The molecular formula is C14H14ClN3O2. The van der Waals surface area contributed by atoms with Gasteiger partial charge in [0.05, 0.1) is 5.56 Å². The predicted octanol–water partition coefficient (Wildman–Crippen LogP) is 1.75. The van der Waals surface area contributed by atoms with E-state index in [9.17, 15) is 9.59 Å². The highest BCUT2D eigenvalue weighted by Gasteiger charge is 2.18. The van der Waals surface area contributed by atoms with Gasteiger partial charge in [-0.15, -0.1) is 0 Å². The van der Waals surface area contributed by atoms with E-state index < -0.39 is 6.04 Å². The van der Waals surface area contributed by atoms with Crippen LogP contribution in [0.3, 0.4) is 0 Å². The molecule has 1 aromatic carbocycles. The summed E-state index contributed by atoms with van der Waals surface area (Å²) in [6.07, 6.45) is 1.41. The molecule has 0 radical (unpaired) electrons. The molecule has 104 valence electrons. The van der Waals surface area contributed by atoms with Gasteiger partial charge in [-0.1, -0.05) is 35.9 Å². The van der Waals surface area contributed by atoms with E-state index in [1.165, 1.54) is 13.2 Å². The second-order valence-corrected chi connectivity index (χ2v) is 4.68. The SMILES string of the molecule is CNC(=O)C(C)NC(=O)c1cnc(Cl)c2ccccc12. The third kappa shape index (κ3) is 2.72. The van der Waals surface area contributed by atoms with Gasteiger partial charge in [-0.25, -0.2) is 4.98 Å². The number of hydrogen-bond donors (Lipinski definition) is 2. The van der Waals surface area contributed by atoms with Crippen molar-refractivity contribution in [1.82, 2.24) is 15.6 Å². The number of likely N-dealkylation sites (N-methyl/N-ethyl adjacent to an activating group) is 1. The van der Waals surface area contributed by atoms with Gasteiger partial charge in [0.15, 0.2) is 0 Å². The minimum atomic E-state index is -0.623. The number of halogens is 1. The highest BCUT2D eigenvalue weighted by atomic mass is 35.5. The molecule has 1 unspecified atom stereocenters. The van der Waals surface area contributed by atoms with E-state index >= 15 is 0 Å². The summed E-state index contributed by atoms with van der Waals surface area (Å²) < 4.78 is 0. The van der Waals surface area contributed by atoms with Gasteiger partial charge in [0.2, 0.25) is 5.91 Å². The maximum atomic E-state index is 12.2. The zero-order chi connectivity index (χ0) is 14.7. The van der Waals surface area contributed by atoms with Crippen LogP contribution in [-0.2, 0) is 4.79 Å². The highest BCUT2D eigenvalue weighted by Crippen LogP contribution is 2.24. The van der Waals surface area contributed by atoms with E-state index in [-0.39, 0.29) is 11.8 Å². The summed E-state index contributed by atoms with van der Waals surface area (Å²) in [4.78, 5) is 27.7. The molecule has 2 N–H and O–H groups in total. The number of nitrogens with zero attached hydrogens (tertiary/aromatic N) is 1. The number of fused-ring (bicyclic) bond motifs is 1. The van der Waals surface area contributed by atoms with Crippen LogP contribution >= 0.6 is 11.6 Å². The van der Waals surface area contributed by atoms with E-state index in [0.29, 0.717) is 21.5 Å². The summed E-state index contributed by atoms with van der Waals surface area (Å²) in [7, 11) is 1.52. The summed E-state index contributed by atoms with van der Waals surface area (Å²) in [6, 6.07) is 6.61. The van der Waals surface area contributed by atoms with E-state index in [0.717, 1.165) is 0 Å². The number of carbonyl (C=O) groups excluding carboxylic acids is 2. The van der Waals surface area contributed by atoms with Crippen molar-refractivity contribution in [3.63, 3.8) is 0 Å². The Morgan fingerprint density at radius 1 is 1.25 bits per heavy atom. The minimum Gasteiger partial charge on any atom is -0.357 e. The zero-order valence-electron chi connectivity index (χ0n) is 11.1. The van der Waals surface area contributed by atoms with Gasteiger partial charge in [-0.3, -0.25) is 9.59 Å². The van der Waals surface area contributed by atoms with Crippen LogP contribution in [0.1, 0.15) is 17.3 Å². The monoisotopic (exact) mass is 291 g/mol. The summed E-state index contributed by atoms with van der Waals surface area (Å²) in [5, 5.41) is 6.85. The van der Waals surface area contributed by atoms with Crippen LogP contribution in [0.4, 0.5) is 0 Å². The van der Waals surface area contributed by atoms with Gasteiger partial charge in [0.1, 0.15) is 11.2 Å². The molecule has 6 heteroatoms. The van der Waals surface area contributed by atoms with Gasteiger partial charge in [0, 0.05) is 18.6 Å². The Hall–Kier alpha value is -2.14. The van der Waals surface area contributed by atoms with Crippen LogP contribution in [0.2, 0.25) is 5.15 Å². The molecule has 0 aliphatic rings. The average molecular weight is 292 g/mol. The van der Waals surface area contributed by atoms with Crippen molar-refractivity contribution >= 4 is 34.2 Å². The lowest BCUT2D eigenvalue weighted by Crippen LogP contribution is -2.43. The van der Waals surface area contributed by atoms with Crippen molar-refractivity contribution in [3.05, 3.63) is 41.2 Å². The molecule has 1 atom stereocenters. The fourth-order valence-electron chi connectivity index (χ4n) is 1.90. The van der Waals surface area contributed by atoms with Crippen molar-refractivity contribution in [2.75, 3.05) is 7.05 Å². The number of rotatable bonds is 3. The van der Waals surface area contributed by atoms with Gasteiger partial charge in [-0.05, 0) is 12.3 Å². The maximum Gasteiger partial charge on any atom is 0.254 e. The molecule has 2 rings (SSSR count). The molecule has 2 aromatic rings. The Morgan fingerprint density at radius 3 is 2.55 bits per heavy atom. The standard InChI is InChI=1S/C14H14ClN3O2/c1-8(13(19)16-2)18-14(20)11-7-17-12(15)10-6-4-3-5-9(10)11/h3-8H,1-2H3,(H,16,19)(H,18,20). The molecule has 1 heterocycles. The normalized spacial score (nSPS) is 11.9. The molecule has 0 saturated heterocycles. The number of benzene rings is 1. The summed E-state index contributed by atoms with van der Waals surface area (Å²) in [5.41, 5.74) is 0.390. The number of amides is 2. The van der Waals surface area contributed by atoms with Crippen LogP contribution in [0, 0.1) is 0 Å². The summed E-state index contributed by atoms with van der Waals surface area (Å²) in [6.45, 7) is 1.61. The summed E-state index contributed by atoms with van der Waals surface area (Å²) in [5.74, 6) is -0.619. The smallest absolute Gasteiger partial charge is 0.254 e. The molecule has 0 saturated carbocycles. The van der Waals surface area contributed by atoms with Crippen molar-refractivity contribution < 1.29 is 9.59 Å². The van der Waals surface area contributed by atoms with E-state index in [1.807, 2.05) is 12.1 Å². The molecule has 5 nitrogen and oxygen atoms in total. The van der Waals surface area contributed by atoms with E-state index in [1.54, 1.807) is 19.1 Å². The van der Waals surface area contributed by atoms with E-state index in [4.69, 9.17) is 11.6 Å². The van der Waals surface area contributed by atoms with Crippen LogP contribution < -0.4 is 10.6 Å². The first-order chi connectivity index (χ1) is 9.54. The Morgan fingerprint density at radius 2 is 1.90 bits per heavy atom. The molecule has 20 heavy (non-hydrogen) atoms. The van der Waals surface area contributed by atoms with Crippen molar-refractivity contribution in [2.24, 2.45) is 0 Å². The first-order valence-corrected chi connectivity index (χ1v) is 6.48. The first kappa shape index (κ1) is 14.3. The average Bonchev–Trinajstić information content (AvgIpc) is 2.46. The maximum absolute atomic E-state index is 12.2. The Kier molecular flexibility index (Phi) is 4.20. The second kappa shape index (κ2) is 5.88. The molecule has 0 aliphatic heterocycles. The van der Waals surface area contributed by atoms with Crippen LogP contribution in [-0.4, -0.2) is 29.9 Å².